The van der Waals surface area contributed by atoms with E-state index in [1.165, 1.54) is 12.1 Å². The fourth-order valence-electron chi connectivity index (χ4n) is 0.611. The van der Waals surface area contributed by atoms with Gasteiger partial charge < -0.3 is 17.0 Å². The van der Waals surface area contributed by atoms with Gasteiger partial charge in [-0.25, -0.2) is 8.78 Å². The normalized spacial score (nSPS) is 7.82. The van der Waals surface area contributed by atoms with Crippen molar-refractivity contribution < 1.29 is 25.8 Å². The third-order valence-corrected chi connectivity index (χ3v) is 0.922. The van der Waals surface area contributed by atoms with E-state index in [9.17, 15) is 8.78 Å². The predicted octanol–water partition coefficient (Wildman–Crippen LogP) is -1.23. The zero-order chi connectivity index (χ0) is 6.85. The summed E-state index contributed by atoms with van der Waals surface area (Å²) in [6, 6.07) is 3.15. The first kappa shape index (κ1) is 13.8. The molecule has 56 valence electrons. The summed E-state index contributed by atoms with van der Waals surface area (Å²) in [7, 11) is 0. The largest absolute Gasteiger partial charge is 2.00 e. The monoisotopic (exact) mass is 230 g/mol. The molecule has 0 N–H and O–H groups in total. The molecule has 1 aromatic rings. The zero-order valence-electron chi connectivity index (χ0n) is 5.78. The number of halogens is 3. The van der Waals surface area contributed by atoms with Gasteiger partial charge >= 0.3 is 23.1 Å². The van der Waals surface area contributed by atoms with Crippen LogP contribution in [0.2, 0.25) is 0 Å². The van der Waals surface area contributed by atoms with Gasteiger partial charge in [0.25, 0.3) is 0 Å². The summed E-state index contributed by atoms with van der Waals surface area (Å²) >= 11 is 0. The summed E-state index contributed by atoms with van der Waals surface area (Å²) < 4.78 is 24.3. The van der Waals surface area contributed by atoms with Gasteiger partial charge in [0.05, 0.1) is 11.6 Å². The van der Waals surface area contributed by atoms with E-state index < -0.39 is 11.6 Å². The van der Waals surface area contributed by atoms with Gasteiger partial charge in [-0.15, -0.1) is 12.1 Å². The summed E-state index contributed by atoms with van der Waals surface area (Å²) in [5.74, 6) is -1.17. The van der Waals surface area contributed by atoms with Gasteiger partial charge in [0.1, 0.15) is 0 Å². The number of hydrogen-bond donors (Lipinski definition) is 0. The van der Waals surface area contributed by atoms with E-state index >= 15 is 0 Å². The van der Waals surface area contributed by atoms with E-state index in [1.807, 2.05) is 0 Å². The van der Waals surface area contributed by atoms with Crippen molar-refractivity contribution in [1.82, 2.24) is 0 Å². The maximum Gasteiger partial charge on any atom is 2.00 e. The Kier molecular flexibility index (Phi) is 7.25. The molecule has 0 saturated carbocycles. The van der Waals surface area contributed by atoms with Crippen LogP contribution in [-0.2, 0) is 0 Å². The van der Waals surface area contributed by atoms with Gasteiger partial charge in [0.15, 0.2) is 0 Å². The molecule has 0 aliphatic carbocycles. The third kappa shape index (κ3) is 4.60. The molecule has 0 aliphatic heterocycles. The molecule has 0 atom stereocenters. The molecule has 0 nitrogen and oxygen atoms in total. The molecular formula is C7H5BrF2Mg. The molecule has 0 saturated heterocycles. The van der Waals surface area contributed by atoms with Crippen LogP contribution in [0.25, 0.3) is 0 Å². The average molecular weight is 231 g/mol. The molecule has 0 radical (unpaired) electrons. The molecular weight excluding hydrogens is 226 g/mol. The molecule has 0 spiro atoms. The molecule has 0 aromatic heterocycles. The fraction of sp³-hybridized carbons (Fsp3) is 0. The summed E-state index contributed by atoms with van der Waals surface area (Å²) in [6.07, 6.45) is 0. The first-order valence-electron chi connectivity index (χ1n) is 2.46. The van der Waals surface area contributed by atoms with E-state index in [1.54, 1.807) is 0 Å². The minimum atomic E-state index is -0.583. The fourth-order valence-corrected chi connectivity index (χ4v) is 0.611. The summed E-state index contributed by atoms with van der Waals surface area (Å²) in [5.41, 5.74) is 0.354. The predicted molar refractivity (Wildman–Crippen MR) is 36.6 cm³/mol. The zero-order valence-corrected chi connectivity index (χ0v) is 8.78. The van der Waals surface area contributed by atoms with Crippen LogP contribution in [-0.4, -0.2) is 23.1 Å². The second-order valence-corrected chi connectivity index (χ2v) is 1.78. The Morgan fingerprint density at radius 3 is 1.64 bits per heavy atom. The van der Waals surface area contributed by atoms with Crippen LogP contribution >= 0.6 is 0 Å². The van der Waals surface area contributed by atoms with Crippen molar-refractivity contribution in [3.8, 4) is 0 Å². The van der Waals surface area contributed by atoms with Gasteiger partial charge in [-0.05, 0) is 6.07 Å². The Morgan fingerprint density at radius 1 is 1.00 bits per heavy atom. The standard InChI is InChI=1S/C7H5F2.BrH.Mg/c1-5-2-6(8)4-7(9)3-5;;/h2-4H,1H2;1H;/q-1;;+2/p-1. The second kappa shape index (κ2) is 5.80. The SMILES string of the molecule is [Br-].[CH2-]c1cc(F)cc(F)c1.[Mg+2]. The topological polar surface area (TPSA) is 0 Å². The molecule has 4 heteroatoms. The van der Waals surface area contributed by atoms with Gasteiger partial charge in [0.2, 0.25) is 0 Å². The summed E-state index contributed by atoms with van der Waals surface area (Å²) in [5, 5.41) is 0. The number of rotatable bonds is 0. The molecule has 1 aromatic carbocycles. The van der Waals surface area contributed by atoms with Crippen LogP contribution < -0.4 is 17.0 Å². The maximum atomic E-state index is 12.1. The number of benzene rings is 1. The Morgan fingerprint density at radius 2 is 1.36 bits per heavy atom. The van der Waals surface area contributed by atoms with Crippen LogP contribution in [0.4, 0.5) is 8.78 Å². The van der Waals surface area contributed by atoms with Crippen molar-refractivity contribution in [3.63, 3.8) is 0 Å². The summed E-state index contributed by atoms with van der Waals surface area (Å²) in [4.78, 5) is 0. The third-order valence-electron chi connectivity index (χ3n) is 0.922. The first-order chi connectivity index (χ1) is 4.18. The minimum Gasteiger partial charge on any atom is -1.00 e. The Balaban J connectivity index is 0. The van der Waals surface area contributed by atoms with Crippen LogP contribution in [0.15, 0.2) is 18.2 Å². The van der Waals surface area contributed by atoms with E-state index in [4.69, 9.17) is 0 Å². The second-order valence-electron chi connectivity index (χ2n) is 1.78. The molecule has 0 unspecified atom stereocenters. The van der Waals surface area contributed by atoms with Gasteiger partial charge in [-0.2, -0.15) is 12.5 Å². The Bertz CT molecular complexity index is 177. The van der Waals surface area contributed by atoms with E-state index in [0.717, 1.165) is 6.07 Å². The molecule has 0 fully saturated rings. The summed E-state index contributed by atoms with van der Waals surface area (Å²) in [6.45, 7) is 3.36. The van der Waals surface area contributed by atoms with Gasteiger partial charge in [0, 0.05) is 0 Å². The van der Waals surface area contributed by atoms with Gasteiger partial charge in [-0.3, -0.25) is 0 Å². The van der Waals surface area contributed by atoms with Crippen LogP contribution in [0, 0.1) is 18.6 Å². The molecule has 0 heterocycles. The van der Waals surface area contributed by atoms with Crippen molar-refractivity contribution in [2.45, 2.75) is 0 Å². The molecule has 0 bridgehead atoms. The van der Waals surface area contributed by atoms with Crippen LogP contribution in [0.5, 0.6) is 0 Å². The van der Waals surface area contributed by atoms with E-state index in [0.29, 0.717) is 5.56 Å². The van der Waals surface area contributed by atoms with Crippen LogP contribution in [0.3, 0.4) is 0 Å². The molecule has 11 heavy (non-hydrogen) atoms. The molecule has 0 amide bonds. The smallest absolute Gasteiger partial charge is 1.00 e. The maximum absolute atomic E-state index is 12.1. The quantitative estimate of drug-likeness (QED) is 0.387. The molecule has 0 aliphatic rings. The van der Waals surface area contributed by atoms with E-state index in [-0.39, 0.29) is 40.0 Å². The van der Waals surface area contributed by atoms with Crippen molar-refractivity contribution in [1.29, 1.82) is 0 Å². The van der Waals surface area contributed by atoms with Crippen molar-refractivity contribution in [3.05, 3.63) is 42.3 Å². The Hall–Kier alpha value is 0.196. The number of hydrogen-bond acceptors (Lipinski definition) is 0. The average Bonchev–Trinajstić information content (AvgIpc) is 1.59. The van der Waals surface area contributed by atoms with Crippen molar-refractivity contribution in [2.24, 2.45) is 0 Å². The van der Waals surface area contributed by atoms with E-state index in [2.05, 4.69) is 6.92 Å². The van der Waals surface area contributed by atoms with Crippen molar-refractivity contribution in [2.75, 3.05) is 0 Å². The Labute approximate surface area is 90.9 Å². The first-order valence-corrected chi connectivity index (χ1v) is 2.46. The molecule has 1 rings (SSSR count). The minimum absolute atomic E-state index is 0. The van der Waals surface area contributed by atoms with Crippen LogP contribution in [0.1, 0.15) is 5.56 Å². The van der Waals surface area contributed by atoms with Crippen molar-refractivity contribution >= 4 is 23.1 Å². The van der Waals surface area contributed by atoms with Gasteiger partial charge in [-0.1, -0.05) is 0 Å².